The zero-order valence-electron chi connectivity index (χ0n) is 13.9. The van der Waals surface area contributed by atoms with Crippen LogP contribution in [-0.4, -0.2) is 47.8 Å². The second-order valence-electron chi connectivity index (χ2n) is 5.99. The fourth-order valence-corrected chi connectivity index (χ4v) is 2.48. The Kier molecular flexibility index (Phi) is 5.05. The number of likely N-dealkylation sites (N-methyl/N-ethyl adjacent to an activating group) is 1. The molecule has 23 heavy (non-hydrogen) atoms. The Hall–Kier alpha value is -2.34. The molecule has 6 heteroatoms. The highest BCUT2D eigenvalue weighted by molar-refractivity contribution is 5.91. The Morgan fingerprint density at radius 2 is 2.00 bits per heavy atom. The van der Waals surface area contributed by atoms with Crippen molar-refractivity contribution >= 4 is 16.9 Å². The number of carboxylic acid groups (broad SMARTS) is 1. The first-order valence-electron chi connectivity index (χ1n) is 7.51. The van der Waals surface area contributed by atoms with Crippen molar-refractivity contribution in [3.05, 3.63) is 40.2 Å². The average molecular weight is 318 g/mol. The van der Waals surface area contributed by atoms with E-state index < -0.39 is 5.97 Å². The highest BCUT2D eigenvalue weighted by Crippen LogP contribution is 2.23. The number of ether oxygens (including phenoxy) is 1. The van der Waals surface area contributed by atoms with Crippen LogP contribution in [0.4, 0.5) is 0 Å². The van der Waals surface area contributed by atoms with Gasteiger partial charge >= 0.3 is 5.97 Å². The molecule has 0 spiro atoms. The highest BCUT2D eigenvalue weighted by Gasteiger charge is 2.17. The van der Waals surface area contributed by atoms with Gasteiger partial charge in [0.2, 0.25) is 0 Å². The molecule has 0 amide bonds. The van der Waals surface area contributed by atoms with Crippen molar-refractivity contribution in [2.75, 3.05) is 27.2 Å². The predicted octanol–water partition coefficient (Wildman–Crippen LogP) is 2.22. The van der Waals surface area contributed by atoms with Crippen LogP contribution in [0, 0.1) is 0 Å². The number of carbonyl (C=O) groups is 1. The molecular weight excluding hydrogens is 296 g/mol. The van der Waals surface area contributed by atoms with Crippen LogP contribution in [0.1, 0.15) is 30.4 Å². The van der Waals surface area contributed by atoms with E-state index in [9.17, 15) is 14.7 Å². The van der Waals surface area contributed by atoms with Gasteiger partial charge < -0.3 is 19.3 Å². The van der Waals surface area contributed by atoms with E-state index in [0.29, 0.717) is 23.3 Å². The molecule has 0 fully saturated rings. The molecule has 1 N–H and O–H groups in total. The van der Waals surface area contributed by atoms with Crippen molar-refractivity contribution < 1.29 is 14.6 Å². The first-order chi connectivity index (χ1) is 10.8. The molecular formula is C17H22N2O4. The molecule has 0 bridgehead atoms. The molecule has 0 radical (unpaired) electrons. The van der Waals surface area contributed by atoms with Crippen molar-refractivity contribution in [2.45, 2.75) is 19.9 Å². The van der Waals surface area contributed by atoms with Crippen LogP contribution in [0.5, 0.6) is 5.75 Å². The predicted molar refractivity (Wildman–Crippen MR) is 89.6 cm³/mol. The largest absolute Gasteiger partial charge is 0.492 e. The number of fused-ring (bicyclic) bond motifs is 1. The third-order valence-corrected chi connectivity index (χ3v) is 3.56. The van der Waals surface area contributed by atoms with Crippen molar-refractivity contribution in [3.8, 4) is 5.75 Å². The maximum Gasteiger partial charge on any atom is 0.352 e. The fourth-order valence-electron chi connectivity index (χ4n) is 2.48. The molecule has 6 nitrogen and oxygen atoms in total. The molecule has 0 aliphatic heterocycles. The van der Waals surface area contributed by atoms with Crippen LogP contribution in [0.15, 0.2) is 29.1 Å². The number of carboxylic acids is 1. The SMILES string of the molecule is CC(C)n1c(C(=O)O)cc(=O)c2ccc(OCCN(C)C)cc21. The van der Waals surface area contributed by atoms with E-state index >= 15 is 0 Å². The lowest BCUT2D eigenvalue weighted by molar-refractivity contribution is 0.0683. The van der Waals surface area contributed by atoms with Gasteiger partial charge in [0.1, 0.15) is 18.1 Å². The van der Waals surface area contributed by atoms with Crippen LogP contribution < -0.4 is 10.2 Å². The van der Waals surface area contributed by atoms with Crippen molar-refractivity contribution in [3.63, 3.8) is 0 Å². The molecule has 2 rings (SSSR count). The van der Waals surface area contributed by atoms with Crippen LogP contribution in [0.3, 0.4) is 0 Å². The number of aromatic nitrogens is 1. The topological polar surface area (TPSA) is 71.8 Å². The summed E-state index contributed by atoms with van der Waals surface area (Å²) in [5.41, 5.74) is 0.268. The summed E-state index contributed by atoms with van der Waals surface area (Å²) in [7, 11) is 3.92. The second-order valence-corrected chi connectivity index (χ2v) is 5.99. The number of benzene rings is 1. The number of nitrogens with zero attached hydrogens (tertiary/aromatic N) is 2. The number of aromatic carboxylic acids is 1. The van der Waals surface area contributed by atoms with Gasteiger partial charge in [-0.25, -0.2) is 4.79 Å². The average Bonchev–Trinajstić information content (AvgIpc) is 2.45. The minimum atomic E-state index is -1.11. The third-order valence-electron chi connectivity index (χ3n) is 3.56. The van der Waals surface area contributed by atoms with Gasteiger partial charge in [-0.2, -0.15) is 0 Å². The summed E-state index contributed by atoms with van der Waals surface area (Å²) in [5.74, 6) is -0.493. The normalized spacial score (nSPS) is 11.4. The summed E-state index contributed by atoms with van der Waals surface area (Å²) in [6.07, 6.45) is 0. The lowest BCUT2D eigenvalue weighted by Crippen LogP contribution is -2.20. The smallest absolute Gasteiger partial charge is 0.352 e. The second kappa shape index (κ2) is 6.83. The minimum Gasteiger partial charge on any atom is -0.492 e. The molecule has 1 heterocycles. The van der Waals surface area contributed by atoms with Gasteiger partial charge in [0.05, 0.1) is 5.52 Å². The minimum absolute atomic E-state index is 0.0112. The quantitative estimate of drug-likeness (QED) is 0.884. The Morgan fingerprint density at radius 3 is 2.57 bits per heavy atom. The molecule has 0 saturated carbocycles. The van der Waals surface area contributed by atoms with E-state index in [2.05, 4.69) is 0 Å². The van der Waals surface area contributed by atoms with E-state index in [1.807, 2.05) is 32.8 Å². The molecule has 0 aliphatic carbocycles. The summed E-state index contributed by atoms with van der Waals surface area (Å²) in [6, 6.07) is 6.24. The number of hydrogen-bond donors (Lipinski definition) is 1. The summed E-state index contributed by atoms with van der Waals surface area (Å²) >= 11 is 0. The monoisotopic (exact) mass is 318 g/mol. The Bertz CT molecular complexity index is 778. The molecule has 0 saturated heterocycles. The summed E-state index contributed by atoms with van der Waals surface area (Å²) in [4.78, 5) is 25.6. The fraction of sp³-hybridized carbons (Fsp3) is 0.412. The summed E-state index contributed by atoms with van der Waals surface area (Å²) < 4.78 is 7.35. The van der Waals surface area contributed by atoms with Gasteiger partial charge in [0.15, 0.2) is 5.43 Å². The van der Waals surface area contributed by atoms with Crippen LogP contribution >= 0.6 is 0 Å². The first kappa shape index (κ1) is 17.0. The lowest BCUT2D eigenvalue weighted by atomic mass is 10.1. The Balaban J connectivity index is 2.56. The van der Waals surface area contributed by atoms with Gasteiger partial charge in [-0.3, -0.25) is 4.79 Å². The van der Waals surface area contributed by atoms with Gasteiger partial charge in [-0.05, 0) is 40.1 Å². The van der Waals surface area contributed by atoms with Gasteiger partial charge in [0, 0.05) is 30.1 Å². The van der Waals surface area contributed by atoms with E-state index in [1.165, 1.54) is 6.07 Å². The first-order valence-corrected chi connectivity index (χ1v) is 7.51. The summed E-state index contributed by atoms with van der Waals surface area (Å²) in [6.45, 7) is 5.05. The van der Waals surface area contributed by atoms with Crippen LogP contribution in [0.2, 0.25) is 0 Å². The van der Waals surface area contributed by atoms with Gasteiger partial charge in [-0.15, -0.1) is 0 Å². The Morgan fingerprint density at radius 1 is 1.30 bits per heavy atom. The highest BCUT2D eigenvalue weighted by atomic mass is 16.5. The number of pyridine rings is 1. The zero-order chi connectivity index (χ0) is 17.1. The molecule has 124 valence electrons. The zero-order valence-corrected chi connectivity index (χ0v) is 13.9. The molecule has 2 aromatic rings. The number of hydrogen-bond acceptors (Lipinski definition) is 4. The maximum absolute atomic E-state index is 12.2. The standard InChI is InChI=1S/C17H22N2O4/c1-11(2)19-14-9-12(23-8-7-18(3)4)5-6-13(14)16(20)10-15(19)17(21)22/h5-6,9-11H,7-8H2,1-4H3,(H,21,22). The van der Waals surface area contributed by atoms with E-state index in [0.717, 1.165) is 6.54 Å². The van der Waals surface area contributed by atoms with E-state index in [-0.39, 0.29) is 17.2 Å². The van der Waals surface area contributed by atoms with Crippen molar-refractivity contribution in [1.29, 1.82) is 0 Å². The van der Waals surface area contributed by atoms with Crippen molar-refractivity contribution in [1.82, 2.24) is 9.47 Å². The Labute approximate surface area is 134 Å². The van der Waals surface area contributed by atoms with Gasteiger partial charge in [-0.1, -0.05) is 0 Å². The summed E-state index contributed by atoms with van der Waals surface area (Å²) in [5, 5.41) is 9.86. The third kappa shape index (κ3) is 3.71. The molecule has 0 atom stereocenters. The maximum atomic E-state index is 12.2. The van der Waals surface area contributed by atoms with E-state index in [1.54, 1.807) is 22.8 Å². The van der Waals surface area contributed by atoms with Crippen LogP contribution in [-0.2, 0) is 0 Å². The molecule has 0 unspecified atom stereocenters. The molecule has 1 aromatic carbocycles. The van der Waals surface area contributed by atoms with Crippen LogP contribution in [0.25, 0.3) is 10.9 Å². The number of rotatable bonds is 6. The lowest BCUT2D eigenvalue weighted by Gasteiger charge is -2.19. The molecule has 0 aliphatic rings. The van der Waals surface area contributed by atoms with Crippen molar-refractivity contribution in [2.24, 2.45) is 0 Å². The van der Waals surface area contributed by atoms with Gasteiger partial charge in [0.25, 0.3) is 0 Å². The van der Waals surface area contributed by atoms with E-state index in [4.69, 9.17) is 4.74 Å². The molecule has 1 aromatic heterocycles.